The van der Waals surface area contributed by atoms with Gasteiger partial charge in [0.05, 0.1) is 18.7 Å². The van der Waals surface area contributed by atoms with E-state index < -0.39 is 17.8 Å². The Morgan fingerprint density at radius 3 is 2.61 bits per heavy atom. The van der Waals surface area contributed by atoms with Gasteiger partial charge in [-0.15, -0.1) is 0 Å². The zero-order valence-corrected chi connectivity index (χ0v) is 16.3. The van der Waals surface area contributed by atoms with Crippen LogP contribution in [0.2, 0.25) is 0 Å². The molecular formula is C21H24N2O5. The number of esters is 1. The molecule has 1 N–H and O–H groups in total. The Bertz CT molecular complexity index is 865. The number of nitrogens with zero attached hydrogens (tertiary/aromatic N) is 1. The Morgan fingerprint density at radius 2 is 1.96 bits per heavy atom. The summed E-state index contributed by atoms with van der Waals surface area (Å²) in [7, 11) is 0. The van der Waals surface area contributed by atoms with Gasteiger partial charge in [0.25, 0.3) is 5.91 Å². The molecular weight excluding hydrogens is 360 g/mol. The highest BCUT2D eigenvalue weighted by molar-refractivity contribution is 5.95. The summed E-state index contributed by atoms with van der Waals surface area (Å²) < 4.78 is 10.4. The minimum Gasteiger partial charge on any atom is -0.467 e. The van der Waals surface area contributed by atoms with Gasteiger partial charge in [-0.25, -0.2) is 0 Å². The van der Waals surface area contributed by atoms with E-state index in [1.165, 1.54) is 6.26 Å². The highest BCUT2D eigenvalue weighted by Crippen LogP contribution is 2.23. The largest absolute Gasteiger partial charge is 0.467 e. The Morgan fingerprint density at radius 1 is 1.25 bits per heavy atom. The van der Waals surface area contributed by atoms with Crippen LogP contribution in [-0.4, -0.2) is 35.8 Å². The van der Waals surface area contributed by atoms with Crippen LogP contribution in [0, 0.1) is 26.7 Å². The second kappa shape index (κ2) is 8.29. The molecule has 0 unspecified atom stereocenters. The summed E-state index contributed by atoms with van der Waals surface area (Å²) in [6.07, 6.45) is 1.62. The average molecular weight is 384 g/mol. The molecule has 1 fully saturated rings. The van der Waals surface area contributed by atoms with Crippen LogP contribution in [0.5, 0.6) is 0 Å². The van der Waals surface area contributed by atoms with Crippen molar-refractivity contribution in [2.75, 3.05) is 18.5 Å². The van der Waals surface area contributed by atoms with E-state index >= 15 is 0 Å². The highest BCUT2D eigenvalue weighted by Gasteiger charge is 2.35. The van der Waals surface area contributed by atoms with Crippen molar-refractivity contribution < 1.29 is 23.5 Å². The van der Waals surface area contributed by atoms with Gasteiger partial charge in [0.1, 0.15) is 5.76 Å². The summed E-state index contributed by atoms with van der Waals surface area (Å²) in [5.74, 6) is -0.986. The van der Waals surface area contributed by atoms with Crippen LogP contribution in [0.4, 0.5) is 5.69 Å². The number of rotatable bonds is 6. The molecule has 2 aromatic rings. The van der Waals surface area contributed by atoms with Gasteiger partial charge in [-0.3, -0.25) is 14.4 Å². The van der Waals surface area contributed by atoms with Crippen LogP contribution in [0.1, 0.15) is 28.9 Å². The molecule has 0 saturated carbocycles. The summed E-state index contributed by atoms with van der Waals surface area (Å²) in [4.78, 5) is 38.1. The van der Waals surface area contributed by atoms with Crippen LogP contribution in [0.25, 0.3) is 0 Å². The monoisotopic (exact) mass is 384 g/mol. The van der Waals surface area contributed by atoms with E-state index in [2.05, 4.69) is 5.32 Å². The van der Waals surface area contributed by atoms with Crippen molar-refractivity contribution in [1.82, 2.24) is 4.90 Å². The molecule has 1 atom stereocenters. The Balaban J connectivity index is 1.50. The molecule has 1 aliphatic heterocycles. The topological polar surface area (TPSA) is 88.8 Å². The van der Waals surface area contributed by atoms with Crippen LogP contribution in [0.15, 0.2) is 34.9 Å². The predicted molar refractivity (Wildman–Crippen MR) is 102 cm³/mol. The Labute approximate surface area is 163 Å². The summed E-state index contributed by atoms with van der Waals surface area (Å²) in [5.41, 5.74) is 3.75. The van der Waals surface area contributed by atoms with Gasteiger partial charge in [-0.1, -0.05) is 17.7 Å². The number of carbonyl (C=O) groups is 3. The fraction of sp³-hybridized carbons (Fsp3) is 0.381. The molecule has 7 nitrogen and oxygen atoms in total. The van der Waals surface area contributed by atoms with Crippen molar-refractivity contribution in [2.24, 2.45) is 5.92 Å². The number of nitrogens with one attached hydrogen (secondary N) is 1. The van der Waals surface area contributed by atoms with Gasteiger partial charge in [0.15, 0.2) is 6.61 Å². The molecule has 2 heterocycles. The normalized spacial score (nSPS) is 16.3. The van der Waals surface area contributed by atoms with Gasteiger partial charge < -0.3 is 19.4 Å². The summed E-state index contributed by atoms with van der Waals surface area (Å²) in [6, 6.07) is 7.48. The summed E-state index contributed by atoms with van der Waals surface area (Å²) >= 11 is 0. The van der Waals surface area contributed by atoms with E-state index in [9.17, 15) is 14.4 Å². The fourth-order valence-electron chi connectivity index (χ4n) is 3.48. The predicted octanol–water partition coefficient (Wildman–Crippen LogP) is 2.74. The molecule has 1 aromatic heterocycles. The van der Waals surface area contributed by atoms with Crippen LogP contribution in [0.3, 0.4) is 0 Å². The number of furan rings is 1. The van der Waals surface area contributed by atoms with E-state index in [0.29, 0.717) is 12.3 Å². The maximum absolute atomic E-state index is 12.3. The lowest BCUT2D eigenvalue weighted by molar-refractivity contribution is -0.151. The number of ether oxygens (including phenoxy) is 1. The molecule has 1 aliphatic rings. The molecule has 1 aromatic carbocycles. The zero-order chi connectivity index (χ0) is 20.3. The van der Waals surface area contributed by atoms with E-state index in [1.54, 1.807) is 17.0 Å². The molecule has 7 heteroatoms. The van der Waals surface area contributed by atoms with Crippen molar-refractivity contribution >= 4 is 23.5 Å². The highest BCUT2D eigenvalue weighted by atomic mass is 16.5. The first kappa shape index (κ1) is 19.7. The van der Waals surface area contributed by atoms with E-state index in [1.807, 2.05) is 32.9 Å². The number of hydrogen-bond donors (Lipinski definition) is 1. The van der Waals surface area contributed by atoms with E-state index in [4.69, 9.17) is 9.15 Å². The smallest absolute Gasteiger partial charge is 0.311 e. The number of aryl methyl sites for hydroxylation is 3. The Kier molecular flexibility index (Phi) is 5.82. The number of anilines is 1. The quantitative estimate of drug-likeness (QED) is 0.774. The number of hydrogen-bond acceptors (Lipinski definition) is 5. The third-order valence-electron chi connectivity index (χ3n) is 4.76. The van der Waals surface area contributed by atoms with Crippen LogP contribution >= 0.6 is 0 Å². The lowest BCUT2D eigenvalue weighted by atomic mass is 10.1. The van der Waals surface area contributed by atoms with Crippen LogP contribution < -0.4 is 5.32 Å². The summed E-state index contributed by atoms with van der Waals surface area (Å²) in [5, 5.41) is 2.79. The SMILES string of the molecule is Cc1cc(C)c(NC(=O)COC(=O)[C@@H]2CC(=O)N(Cc3ccco3)C2)c(C)c1. The number of carbonyl (C=O) groups excluding carboxylic acids is 3. The van der Waals surface area contributed by atoms with Gasteiger partial charge in [0, 0.05) is 18.7 Å². The van der Waals surface area contributed by atoms with Crippen LogP contribution in [-0.2, 0) is 25.7 Å². The number of amides is 2. The number of benzene rings is 1. The Hall–Kier alpha value is -3.09. The van der Waals surface area contributed by atoms with Crippen molar-refractivity contribution in [3.05, 3.63) is 53.0 Å². The second-order valence-electron chi connectivity index (χ2n) is 7.18. The second-order valence-corrected chi connectivity index (χ2v) is 7.18. The number of likely N-dealkylation sites (tertiary alicyclic amines) is 1. The van der Waals surface area contributed by atoms with Crippen molar-refractivity contribution in [3.63, 3.8) is 0 Å². The van der Waals surface area contributed by atoms with Crippen molar-refractivity contribution in [3.8, 4) is 0 Å². The third-order valence-corrected chi connectivity index (χ3v) is 4.76. The fourth-order valence-corrected chi connectivity index (χ4v) is 3.48. The van der Waals surface area contributed by atoms with Gasteiger partial charge in [0.2, 0.25) is 5.91 Å². The maximum atomic E-state index is 12.3. The van der Waals surface area contributed by atoms with Crippen molar-refractivity contribution in [2.45, 2.75) is 33.7 Å². The third kappa shape index (κ3) is 4.60. The minimum atomic E-state index is -0.571. The minimum absolute atomic E-state index is 0.0807. The molecule has 148 valence electrons. The molecule has 1 saturated heterocycles. The van der Waals surface area contributed by atoms with E-state index in [0.717, 1.165) is 22.4 Å². The van der Waals surface area contributed by atoms with Gasteiger partial charge >= 0.3 is 5.97 Å². The standard InChI is InChI=1S/C21H24N2O5/c1-13-7-14(2)20(15(3)8-13)22-18(24)12-28-21(26)16-9-19(25)23(10-16)11-17-5-4-6-27-17/h4-8,16H,9-12H2,1-3H3,(H,22,24)/t16-/m1/s1. The molecule has 0 aliphatic carbocycles. The van der Waals surface area contributed by atoms with E-state index in [-0.39, 0.29) is 25.5 Å². The maximum Gasteiger partial charge on any atom is 0.311 e. The molecule has 28 heavy (non-hydrogen) atoms. The van der Waals surface area contributed by atoms with Gasteiger partial charge in [-0.05, 0) is 44.0 Å². The first-order valence-electron chi connectivity index (χ1n) is 9.18. The molecule has 3 rings (SSSR count). The first-order chi connectivity index (χ1) is 13.3. The molecule has 0 spiro atoms. The first-order valence-corrected chi connectivity index (χ1v) is 9.18. The van der Waals surface area contributed by atoms with Gasteiger partial charge in [-0.2, -0.15) is 0 Å². The molecule has 0 bridgehead atoms. The lowest BCUT2D eigenvalue weighted by Crippen LogP contribution is -2.28. The molecule has 0 radical (unpaired) electrons. The zero-order valence-electron chi connectivity index (χ0n) is 16.3. The average Bonchev–Trinajstić information content (AvgIpc) is 3.26. The lowest BCUT2D eigenvalue weighted by Gasteiger charge is -2.15. The molecule has 2 amide bonds. The summed E-state index contributed by atoms with van der Waals surface area (Å²) in [6.45, 7) is 6.02. The van der Waals surface area contributed by atoms with Crippen molar-refractivity contribution in [1.29, 1.82) is 0 Å².